The van der Waals surface area contributed by atoms with Gasteiger partial charge in [-0.3, -0.25) is 4.79 Å². The number of carbonyl (C=O) groups is 1. The molecule has 2 aromatic rings. The lowest BCUT2D eigenvalue weighted by Crippen LogP contribution is -2.19. The molecule has 0 spiro atoms. The minimum absolute atomic E-state index is 0.137. The smallest absolute Gasteiger partial charge is 0.248 e. The van der Waals surface area contributed by atoms with E-state index in [1.807, 2.05) is 0 Å². The molecule has 0 heterocycles. The summed E-state index contributed by atoms with van der Waals surface area (Å²) in [4.78, 5) is 11.0. The van der Waals surface area contributed by atoms with Crippen LogP contribution >= 0.6 is 0 Å². The van der Waals surface area contributed by atoms with Gasteiger partial charge in [0.2, 0.25) is 5.91 Å². The Balaban J connectivity index is 2.18. The molecule has 0 aliphatic heterocycles. The van der Waals surface area contributed by atoms with Crippen molar-refractivity contribution in [3.05, 3.63) is 65.5 Å². The SMILES string of the molecule is NCC(Oc1ccc(C(N)=O)cc1)c1ccccc1F. The normalized spacial score (nSPS) is 11.9. The first-order chi connectivity index (χ1) is 9.61. The molecule has 4 N–H and O–H groups in total. The first kappa shape index (κ1) is 14.0. The van der Waals surface area contributed by atoms with E-state index >= 15 is 0 Å². The van der Waals surface area contributed by atoms with Gasteiger partial charge in [0.05, 0.1) is 0 Å². The summed E-state index contributed by atoms with van der Waals surface area (Å²) in [5.41, 5.74) is 11.6. The number of primary amides is 1. The van der Waals surface area contributed by atoms with Crippen molar-refractivity contribution < 1.29 is 13.9 Å². The van der Waals surface area contributed by atoms with Crippen LogP contribution in [0.4, 0.5) is 4.39 Å². The second kappa shape index (κ2) is 6.16. The molecule has 2 aromatic carbocycles. The number of rotatable bonds is 5. The lowest BCUT2D eigenvalue weighted by atomic mass is 10.1. The maximum Gasteiger partial charge on any atom is 0.248 e. The van der Waals surface area contributed by atoms with E-state index < -0.39 is 12.0 Å². The highest BCUT2D eigenvalue weighted by molar-refractivity contribution is 5.92. The zero-order chi connectivity index (χ0) is 14.5. The first-order valence-corrected chi connectivity index (χ1v) is 6.13. The molecule has 4 nitrogen and oxygen atoms in total. The summed E-state index contributed by atoms with van der Waals surface area (Å²) in [6.07, 6.45) is -0.587. The molecule has 0 fully saturated rings. The largest absolute Gasteiger partial charge is 0.484 e. The Morgan fingerprint density at radius 3 is 2.35 bits per heavy atom. The van der Waals surface area contributed by atoms with Gasteiger partial charge in [-0.05, 0) is 30.3 Å². The Kier molecular flexibility index (Phi) is 4.32. The number of nitrogens with two attached hydrogens (primary N) is 2. The van der Waals surface area contributed by atoms with Crippen LogP contribution in [0.2, 0.25) is 0 Å². The predicted octanol–water partition coefficient (Wildman–Crippen LogP) is 2.00. The number of carbonyl (C=O) groups excluding carboxylic acids is 1. The van der Waals surface area contributed by atoms with E-state index in [2.05, 4.69) is 0 Å². The highest BCUT2D eigenvalue weighted by Crippen LogP contribution is 2.23. The van der Waals surface area contributed by atoms with Crippen molar-refractivity contribution in [1.29, 1.82) is 0 Å². The fraction of sp³-hybridized carbons (Fsp3) is 0.133. The lowest BCUT2D eigenvalue weighted by molar-refractivity contribution is 0.1000. The Bertz CT molecular complexity index is 599. The molecule has 1 amide bonds. The molecule has 0 aliphatic carbocycles. The molecular formula is C15H15FN2O2. The molecule has 1 unspecified atom stereocenters. The van der Waals surface area contributed by atoms with Crippen molar-refractivity contribution >= 4 is 5.91 Å². The van der Waals surface area contributed by atoms with Gasteiger partial charge in [-0.15, -0.1) is 0 Å². The minimum atomic E-state index is -0.587. The number of benzene rings is 2. The second-order valence-electron chi connectivity index (χ2n) is 4.25. The van der Waals surface area contributed by atoms with Crippen molar-refractivity contribution in [3.8, 4) is 5.75 Å². The maximum atomic E-state index is 13.7. The van der Waals surface area contributed by atoms with Crippen molar-refractivity contribution in [1.82, 2.24) is 0 Å². The quantitative estimate of drug-likeness (QED) is 0.875. The van der Waals surface area contributed by atoms with Gasteiger partial charge in [-0.2, -0.15) is 0 Å². The fourth-order valence-corrected chi connectivity index (χ4v) is 1.84. The van der Waals surface area contributed by atoms with E-state index in [4.69, 9.17) is 16.2 Å². The summed E-state index contributed by atoms with van der Waals surface area (Å²) < 4.78 is 19.4. The average molecular weight is 274 g/mol. The topological polar surface area (TPSA) is 78.3 Å². The van der Waals surface area contributed by atoms with E-state index in [1.54, 1.807) is 42.5 Å². The molecule has 0 saturated carbocycles. The van der Waals surface area contributed by atoms with Gasteiger partial charge in [-0.25, -0.2) is 4.39 Å². The van der Waals surface area contributed by atoms with Crippen LogP contribution in [0.5, 0.6) is 5.75 Å². The molecule has 5 heteroatoms. The van der Waals surface area contributed by atoms with Crippen molar-refractivity contribution in [2.75, 3.05) is 6.54 Å². The van der Waals surface area contributed by atoms with Crippen LogP contribution in [0.1, 0.15) is 22.0 Å². The third-order valence-electron chi connectivity index (χ3n) is 2.88. The molecule has 2 rings (SSSR count). The fourth-order valence-electron chi connectivity index (χ4n) is 1.84. The molecule has 0 radical (unpaired) electrons. The Morgan fingerprint density at radius 1 is 1.15 bits per heavy atom. The molecule has 0 saturated heterocycles. The van der Waals surface area contributed by atoms with Gasteiger partial charge in [0.25, 0.3) is 0 Å². The number of amides is 1. The van der Waals surface area contributed by atoms with Crippen molar-refractivity contribution in [2.45, 2.75) is 6.10 Å². The van der Waals surface area contributed by atoms with Gasteiger partial charge in [0.15, 0.2) is 0 Å². The number of halogens is 1. The number of ether oxygens (including phenoxy) is 1. The summed E-state index contributed by atoms with van der Waals surface area (Å²) >= 11 is 0. The highest BCUT2D eigenvalue weighted by Gasteiger charge is 2.15. The third-order valence-corrected chi connectivity index (χ3v) is 2.88. The molecule has 1 atom stereocenters. The number of hydrogen-bond donors (Lipinski definition) is 2. The minimum Gasteiger partial charge on any atom is -0.484 e. The van der Waals surface area contributed by atoms with Crippen LogP contribution in [0.25, 0.3) is 0 Å². The van der Waals surface area contributed by atoms with Crippen LogP contribution in [-0.2, 0) is 0 Å². The van der Waals surface area contributed by atoms with Gasteiger partial charge >= 0.3 is 0 Å². The molecule has 104 valence electrons. The summed E-state index contributed by atoms with van der Waals surface area (Å²) in [6.45, 7) is 0.137. The lowest BCUT2D eigenvalue weighted by Gasteiger charge is -2.18. The third kappa shape index (κ3) is 3.13. The Morgan fingerprint density at radius 2 is 1.80 bits per heavy atom. The monoisotopic (exact) mass is 274 g/mol. The summed E-state index contributed by atoms with van der Waals surface area (Å²) in [7, 11) is 0. The van der Waals surface area contributed by atoms with E-state index in [9.17, 15) is 9.18 Å². The van der Waals surface area contributed by atoms with Crippen LogP contribution in [-0.4, -0.2) is 12.5 Å². The van der Waals surface area contributed by atoms with Crippen LogP contribution < -0.4 is 16.2 Å². The van der Waals surface area contributed by atoms with E-state index in [1.165, 1.54) is 6.07 Å². The summed E-state index contributed by atoms with van der Waals surface area (Å²) in [6, 6.07) is 12.6. The molecule has 0 aromatic heterocycles. The van der Waals surface area contributed by atoms with Crippen molar-refractivity contribution in [2.24, 2.45) is 11.5 Å². The van der Waals surface area contributed by atoms with Crippen LogP contribution in [0, 0.1) is 5.82 Å². The zero-order valence-corrected chi connectivity index (χ0v) is 10.8. The van der Waals surface area contributed by atoms with Crippen LogP contribution in [0.3, 0.4) is 0 Å². The van der Waals surface area contributed by atoms with E-state index in [0.717, 1.165) is 0 Å². The van der Waals surface area contributed by atoms with Gasteiger partial charge in [0, 0.05) is 17.7 Å². The first-order valence-electron chi connectivity index (χ1n) is 6.13. The summed E-state index contributed by atoms with van der Waals surface area (Å²) in [5, 5.41) is 0. The van der Waals surface area contributed by atoms with E-state index in [0.29, 0.717) is 16.9 Å². The van der Waals surface area contributed by atoms with Crippen molar-refractivity contribution in [3.63, 3.8) is 0 Å². The van der Waals surface area contributed by atoms with Gasteiger partial charge in [0.1, 0.15) is 17.7 Å². The predicted molar refractivity (Wildman–Crippen MR) is 73.8 cm³/mol. The molecule has 0 aliphatic rings. The van der Waals surface area contributed by atoms with Gasteiger partial charge in [-0.1, -0.05) is 18.2 Å². The number of hydrogen-bond acceptors (Lipinski definition) is 3. The van der Waals surface area contributed by atoms with Crippen LogP contribution in [0.15, 0.2) is 48.5 Å². The molecular weight excluding hydrogens is 259 g/mol. The zero-order valence-electron chi connectivity index (χ0n) is 10.8. The standard InChI is InChI=1S/C15H15FN2O2/c16-13-4-2-1-3-12(13)14(9-17)20-11-7-5-10(6-8-11)15(18)19/h1-8,14H,9,17H2,(H2,18,19). The summed E-state index contributed by atoms with van der Waals surface area (Å²) in [5.74, 6) is -0.383. The Hall–Kier alpha value is -2.40. The van der Waals surface area contributed by atoms with E-state index in [-0.39, 0.29) is 12.4 Å². The Labute approximate surface area is 116 Å². The average Bonchev–Trinajstić information content (AvgIpc) is 2.46. The highest BCUT2D eigenvalue weighted by atomic mass is 19.1. The molecule has 20 heavy (non-hydrogen) atoms. The maximum absolute atomic E-state index is 13.7. The van der Waals surface area contributed by atoms with Gasteiger partial charge < -0.3 is 16.2 Å². The second-order valence-corrected chi connectivity index (χ2v) is 4.25. The molecule has 0 bridgehead atoms.